The molecule has 104 valence electrons. The van der Waals surface area contributed by atoms with Crippen LogP contribution in [0.4, 0.5) is 0 Å². The summed E-state index contributed by atoms with van der Waals surface area (Å²) in [6.07, 6.45) is 2.28. The van der Waals surface area contributed by atoms with Gasteiger partial charge in [0.15, 0.2) is 0 Å². The predicted molar refractivity (Wildman–Crippen MR) is 71.5 cm³/mol. The lowest BCUT2D eigenvalue weighted by Gasteiger charge is -2.26. The smallest absolute Gasteiger partial charge is 0.339 e. The molecule has 0 unspecified atom stereocenters. The molecule has 0 bridgehead atoms. The SMILES string of the molecule is COC(=O)c1cc(CCN2CCOCC2)ncc1Cl. The zero-order valence-electron chi connectivity index (χ0n) is 10.9. The quantitative estimate of drug-likeness (QED) is 0.782. The topological polar surface area (TPSA) is 51.7 Å². The van der Waals surface area contributed by atoms with Gasteiger partial charge in [0.2, 0.25) is 0 Å². The second-order valence-electron chi connectivity index (χ2n) is 4.35. The molecular formula is C13H17ClN2O3. The minimum absolute atomic E-state index is 0.321. The van der Waals surface area contributed by atoms with Crippen LogP contribution in [0.2, 0.25) is 5.02 Å². The zero-order chi connectivity index (χ0) is 13.7. The fourth-order valence-electron chi connectivity index (χ4n) is 1.98. The largest absolute Gasteiger partial charge is 0.465 e. The summed E-state index contributed by atoms with van der Waals surface area (Å²) in [4.78, 5) is 18.1. The Bertz CT molecular complexity index is 448. The average molecular weight is 285 g/mol. The van der Waals surface area contributed by atoms with E-state index in [0.29, 0.717) is 10.6 Å². The molecular weight excluding hydrogens is 268 g/mol. The van der Waals surface area contributed by atoms with Crippen molar-refractivity contribution in [3.8, 4) is 0 Å². The second-order valence-corrected chi connectivity index (χ2v) is 4.76. The van der Waals surface area contributed by atoms with Gasteiger partial charge in [-0.2, -0.15) is 0 Å². The molecule has 0 aliphatic carbocycles. The highest BCUT2D eigenvalue weighted by molar-refractivity contribution is 6.33. The number of ether oxygens (including phenoxy) is 2. The molecule has 1 aromatic rings. The Morgan fingerprint density at radius 2 is 2.26 bits per heavy atom. The van der Waals surface area contributed by atoms with E-state index in [1.165, 1.54) is 13.3 Å². The maximum absolute atomic E-state index is 11.5. The maximum Gasteiger partial charge on any atom is 0.339 e. The van der Waals surface area contributed by atoms with Gasteiger partial charge in [0.05, 0.1) is 30.9 Å². The third kappa shape index (κ3) is 3.89. The van der Waals surface area contributed by atoms with Crippen molar-refractivity contribution in [3.05, 3.63) is 28.5 Å². The molecule has 1 aliphatic rings. The Morgan fingerprint density at radius 3 is 2.95 bits per heavy atom. The number of carbonyl (C=O) groups excluding carboxylic acids is 1. The third-order valence-electron chi connectivity index (χ3n) is 3.11. The van der Waals surface area contributed by atoms with Gasteiger partial charge in [-0.25, -0.2) is 4.79 Å². The zero-order valence-corrected chi connectivity index (χ0v) is 11.7. The Labute approximate surface area is 117 Å². The van der Waals surface area contributed by atoms with Gasteiger partial charge >= 0.3 is 5.97 Å². The Kier molecular flexibility index (Phi) is 5.13. The summed E-state index contributed by atoms with van der Waals surface area (Å²) in [6.45, 7) is 4.34. The van der Waals surface area contributed by atoms with E-state index in [4.69, 9.17) is 16.3 Å². The van der Waals surface area contributed by atoms with Gasteiger partial charge in [-0.15, -0.1) is 0 Å². The molecule has 0 radical (unpaired) electrons. The van der Waals surface area contributed by atoms with Crippen molar-refractivity contribution in [2.45, 2.75) is 6.42 Å². The highest BCUT2D eigenvalue weighted by Gasteiger charge is 2.14. The maximum atomic E-state index is 11.5. The predicted octanol–water partition coefficient (Wildman–Crippen LogP) is 1.40. The number of hydrogen-bond acceptors (Lipinski definition) is 5. The standard InChI is InChI=1S/C13H17ClN2O3/c1-18-13(17)11-8-10(15-9-12(11)14)2-3-16-4-6-19-7-5-16/h8-9H,2-7H2,1H3. The minimum atomic E-state index is -0.431. The summed E-state index contributed by atoms with van der Waals surface area (Å²) in [6, 6.07) is 1.70. The lowest BCUT2D eigenvalue weighted by Crippen LogP contribution is -2.37. The van der Waals surface area contributed by atoms with Gasteiger partial charge in [-0.3, -0.25) is 9.88 Å². The number of hydrogen-bond donors (Lipinski definition) is 0. The number of pyridine rings is 1. The van der Waals surface area contributed by atoms with E-state index in [1.807, 2.05) is 0 Å². The Morgan fingerprint density at radius 1 is 1.53 bits per heavy atom. The number of halogens is 1. The highest BCUT2D eigenvalue weighted by Crippen LogP contribution is 2.17. The van der Waals surface area contributed by atoms with Crippen molar-refractivity contribution < 1.29 is 14.3 Å². The molecule has 1 aliphatic heterocycles. The van der Waals surface area contributed by atoms with Crippen LogP contribution in [0.25, 0.3) is 0 Å². The number of aromatic nitrogens is 1. The van der Waals surface area contributed by atoms with E-state index < -0.39 is 5.97 Å². The van der Waals surface area contributed by atoms with E-state index in [-0.39, 0.29) is 0 Å². The van der Waals surface area contributed by atoms with Crippen molar-refractivity contribution in [1.82, 2.24) is 9.88 Å². The van der Waals surface area contributed by atoms with Crippen molar-refractivity contribution in [2.75, 3.05) is 40.0 Å². The fourth-order valence-corrected chi connectivity index (χ4v) is 2.16. The van der Waals surface area contributed by atoms with E-state index in [9.17, 15) is 4.79 Å². The van der Waals surface area contributed by atoms with Crippen LogP contribution in [-0.2, 0) is 15.9 Å². The van der Waals surface area contributed by atoms with E-state index in [1.54, 1.807) is 6.07 Å². The lowest BCUT2D eigenvalue weighted by molar-refractivity contribution is 0.0383. The molecule has 0 N–H and O–H groups in total. The van der Waals surface area contributed by atoms with E-state index in [0.717, 1.165) is 45.0 Å². The van der Waals surface area contributed by atoms with Crippen LogP contribution in [0.15, 0.2) is 12.3 Å². The monoisotopic (exact) mass is 284 g/mol. The van der Waals surface area contributed by atoms with Crippen molar-refractivity contribution in [2.24, 2.45) is 0 Å². The summed E-state index contributed by atoms with van der Waals surface area (Å²) in [5, 5.41) is 0.321. The molecule has 5 nitrogen and oxygen atoms in total. The highest BCUT2D eigenvalue weighted by atomic mass is 35.5. The number of rotatable bonds is 4. The molecule has 6 heteroatoms. The number of carbonyl (C=O) groups is 1. The first kappa shape index (κ1) is 14.2. The average Bonchev–Trinajstić information content (AvgIpc) is 2.46. The van der Waals surface area contributed by atoms with Gasteiger partial charge in [-0.1, -0.05) is 11.6 Å². The molecule has 0 atom stereocenters. The molecule has 0 spiro atoms. The van der Waals surface area contributed by atoms with Crippen LogP contribution >= 0.6 is 11.6 Å². The van der Waals surface area contributed by atoms with Gasteiger partial charge in [0, 0.05) is 37.9 Å². The third-order valence-corrected chi connectivity index (χ3v) is 3.41. The number of methoxy groups -OCH3 is 1. The molecule has 0 amide bonds. The number of esters is 1. The van der Waals surface area contributed by atoms with Gasteiger partial charge in [0.1, 0.15) is 0 Å². The van der Waals surface area contributed by atoms with Crippen LogP contribution in [0.3, 0.4) is 0 Å². The molecule has 2 rings (SSSR count). The number of nitrogens with zero attached hydrogens (tertiary/aromatic N) is 2. The molecule has 1 aromatic heterocycles. The van der Waals surface area contributed by atoms with E-state index in [2.05, 4.69) is 14.6 Å². The lowest BCUT2D eigenvalue weighted by atomic mass is 10.2. The van der Waals surface area contributed by atoms with Crippen molar-refractivity contribution >= 4 is 17.6 Å². The summed E-state index contributed by atoms with van der Waals surface area (Å²) < 4.78 is 9.99. The Hall–Kier alpha value is -1.17. The molecule has 1 fully saturated rings. The molecule has 0 aromatic carbocycles. The van der Waals surface area contributed by atoms with Gasteiger partial charge < -0.3 is 9.47 Å². The first-order valence-electron chi connectivity index (χ1n) is 6.23. The normalized spacial score (nSPS) is 16.3. The minimum Gasteiger partial charge on any atom is -0.465 e. The summed E-state index contributed by atoms with van der Waals surface area (Å²) in [5.74, 6) is -0.431. The van der Waals surface area contributed by atoms with Crippen molar-refractivity contribution in [3.63, 3.8) is 0 Å². The first-order chi connectivity index (χ1) is 9.20. The van der Waals surface area contributed by atoms with E-state index >= 15 is 0 Å². The summed E-state index contributed by atoms with van der Waals surface area (Å²) in [7, 11) is 1.34. The molecule has 19 heavy (non-hydrogen) atoms. The van der Waals surface area contributed by atoms with Crippen LogP contribution in [0.5, 0.6) is 0 Å². The van der Waals surface area contributed by atoms with Crippen LogP contribution in [0.1, 0.15) is 16.1 Å². The van der Waals surface area contributed by atoms with Crippen LogP contribution in [-0.4, -0.2) is 55.8 Å². The number of morpholine rings is 1. The summed E-state index contributed by atoms with van der Waals surface area (Å²) >= 11 is 5.93. The van der Waals surface area contributed by atoms with Crippen molar-refractivity contribution in [1.29, 1.82) is 0 Å². The van der Waals surface area contributed by atoms with Gasteiger partial charge in [-0.05, 0) is 6.07 Å². The molecule has 0 saturated carbocycles. The summed E-state index contributed by atoms with van der Waals surface area (Å²) in [5.41, 5.74) is 1.22. The van der Waals surface area contributed by atoms with Crippen LogP contribution < -0.4 is 0 Å². The van der Waals surface area contributed by atoms with Crippen LogP contribution in [0, 0.1) is 0 Å². The molecule has 2 heterocycles. The molecule has 1 saturated heterocycles. The first-order valence-corrected chi connectivity index (χ1v) is 6.61. The van der Waals surface area contributed by atoms with Gasteiger partial charge in [0.25, 0.3) is 0 Å². The second kappa shape index (κ2) is 6.84. The Balaban J connectivity index is 1.98. The fraction of sp³-hybridized carbons (Fsp3) is 0.538.